The molecule has 0 bridgehead atoms. The number of hydrogen-bond donors (Lipinski definition) is 0. The summed E-state index contributed by atoms with van der Waals surface area (Å²) in [4.78, 5) is 2.11. The lowest BCUT2D eigenvalue weighted by atomic mass is 9.98. The normalized spacial score (nSPS) is 13.3. The van der Waals surface area contributed by atoms with Crippen LogP contribution in [0, 0.1) is 0 Å². The van der Waals surface area contributed by atoms with E-state index in [0.717, 1.165) is 17.5 Å². The summed E-state index contributed by atoms with van der Waals surface area (Å²) < 4.78 is 22.7. The van der Waals surface area contributed by atoms with Crippen LogP contribution in [-0.2, 0) is 17.1 Å². The molecule has 0 saturated carbocycles. The average Bonchev–Trinajstić information content (AvgIpc) is 2.68. The van der Waals surface area contributed by atoms with E-state index in [4.69, 9.17) is 18.9 Å². The van der Waals surface area contributed by atoms with E-state index in [1.54, 1.807) is 21.3 Å². The molecular formula is C21H29NO4. The standard InChI is InChI=1S/C21H29NO4/c1-7-21(22(2)3,17-11-9-8-10-12-17)26-15-16-13-18(23-4)20(25-6)19(14-16)24-5/h8-14H,7,15H2,1-6H3. The Kier molecular flexibility index (Phi) is 6.89. The first-order chi connectivity index (χ1) is 12.5. The largest absolute Gasteiger partial charge is 0.493 e. The fraction of sp³-hybridized carbons (Fsp3) is 0.429. The first kappa shape index (κ1) is 20.1. The van der Waals surface area contributed by atoms with Gasteiger partial charge in [-0.3, -0.25) is 4.90 Å². The lowest BCUT2D eigenvalue weighted by Crippen LogP contribution is -2.43. The van der Waals surface area contributed by atoms with E-state index >= 15 is 0 Å². The minimum atomic E-state index is -0.512. The predicted octanol–water partition coefficient (Wildman–Crippen LogP) is 4.05. The molecule has 5 nitrogen and oxygen atoms in total. The van der Waals surface area contributed by atoms with E-state index in [0.29, 0.717) is 23.9 Å². The second-order valence-corrected chi connectivity index (χ2v) is 6.22. The molecule has 2 aromatic carbocycles. The second-order valence-electron chi connectivity index (χ2n) is 6.22. The van der Waals surface area contributed by atoms with Gasteiger partial charge >= 0.3 is 0 Å². The molecule has 142 valence electrons. The molecule has 0 aromatic heterocycles. The Morgan fingerprint density at radius 1 is 0.885 bits per heavy atom. The van der Waals surface area contributed by atoms with E-state index in [2.05, 4.69) is 24.0 Å². The molecule has 5 heteroatoms. The highest BCUT2D eigenvalue weighted by Gasteiger charge is 2.34. The van der Waals surface area contributed by atoms with Gasteiger partial charge in [-0.1, -0.05) is 37.3 Å². The van der Waals surface area contributed by atoms with E-state index in [1.807, 2.05) is 44.4 Å². The first-order valence-electron chi connectivity index (χ1n) is 8.68. The van der Waals surface area contributed by atoms with Crippen molar-refractivity contribution in [2.75, 3.05) is 35.4 Å². The minimum Gasteiger partial charge on any atom is -0.493 e. The van der Waals surface area contributed by atoms with Crippen LogP contribution in [-0.4, -0.2) is 40.3 Å². The summed E-state index contributed by atoms with van der Waals surface area (Å²) in [7, 11) is 8.89. The van der Waals surface area contributed by atoms with Crippen LogP contribution in [0.3, 0.4) is 0 Å². The van der Waals surface area contributed by atoms with Gasteiger partial charge in [0.2, 0.25) is 5.75 Å². The lowest BCUT2D eigenvalue weighted by Gasteiger charge is -2.39. The Bertz CT molecular complexity index is 677. The van der Waals surface area contributed by atoms with Crippen molar-refractivity contribution in [2.45, 2.75) is 25.7 Å². The fourth-order valence-electron chi connectivity index (χ4n) is 3.21. The molecule has 0 fully saturated rings. The summed E-state index contributed by atoms with van der Waals surface area (Å²) in [5.41, 5.74) is 1.57. The van der Waals surface area contributed by atoms with Gasteiger partial charge in [-0.05, 0) is 43.8 Å². The number of benzene rings is 2. The van der Waals surface area contributed by atoms with Crippen LogP contribution in [0.15, 0.2) is 42.5 Å². The van der Waals surface area contributed by atoms with Gasteiger partial charge in [-0.2, -0.15) is 0 Å². The van der Waals surface area contributed by atoms with Gasteiger partial charge in [0.25, 0.3) is 0 Å². The zero-order valence-corrected chi connectivity index (χ0v) is 16.5. The molecule has 0 aliphatic rings. The molecule has 2 aromatic rings. The summed E-state index contributed by atoms with van der Waals surface area (Å²) in [5.74, 6) is 1.82. The third kappa shape index (κ3) is 3.94. The molecule has 0 saturated heterocycles. The molecule has 1 atom stereocenters. The van der Waals surface area contributed by atoms with Crippen LogP contribution in [0.4, 0.5) is 0 Å². The molecule has 0 radical (unpaired) electrons. The van der Waals surface area contributed by atoms with Crippen LogP contribution in [0.2, 0.25) is 0 Å². The number of rotatable bonds is 9. The zero-order valence-electron chi connectivity index (χ0n) is 16.5. The second kappa shape index (κ2) is 8.92. The Morgan fingerprint density at radius 2 is 1.46 bits per heavy atom. The first-order valence-corrected chi connectivity index (χ1v) is 8.68. The summed E-state index contributed by atoms with van der Waals surface area (Å²) in [5, 5.41) is 0. The predicted molar refractivity (Wildman–Crippen MR) is 103 cm³/mol. The lowest BCUT2D eigenvalue weighted by molar-refractivity contribution is -0.157. The van der Waals surface area contributed by atoms with Crippen LogP contribution in [0.1, 0.15) is 24.5 Å². The molecule has 2 rings (SSSR count). The molecule has 1 unspecified atom stereocenters. The molecule has 0 spiro atoms. The van der Waals surface area contributed by atoms with Crippen molar-refractivity contribution in [2.24, 2.45) is 0 Å². The van der Waals surface area contributed by atoms with E-state index in [1.165, 1.54) is 0 Å². The Labute approximate surface area is 156 Å². The SMILES string of the molecule is CCC(OCc1cc(OC)c(OC)c(OC)c1)(c1ccccc1)N(C)C. The van der Waals surface area contributed by atoms with Crippen molar-refractivity contribution in [3.63, 3.8) is 0 Å². The smallest absolute Gasteiger partial charge is 0.203 e. The highest BCUT2D eigenvalue weighted by Crippen LogP contribution is 2.39. The van der Waals surface area contributed by atoms with E-state index < -0.39 is 5.72 Å². The summed E-state index contributed by atoms with van der Waals surface area (Å²) in [6.45, 7) is 2.54. The molecule has 26 heavy (non-hydrogen) atoms. The number of ether oxygens (including phenoxy) is 4. The number of methoxy groups -OCH3 is 3. The highest BCUT2D eigenvalue weighted by atomic mass is 16.5. The molecule has 0 aliphatic heterocycles. The average molecular weight is 359 g/mol. The van der Waals surface area contributed by atoms with E-state index in [-0.39, 0.29) is 0 Å². The number of hydrogen-bond acceptors (Lipinski definition) is 5. The van der Waals surface area contributed by atoms with E-state index in [9.17, 15) is 0 Å². The molecule has 0 amide bonds. The topological polar surface area (TPSA) is 40.2 Å². The highest BCUT2D eigenvalue weighted by molar-refractivity contribution is 5.53. The molecular weight excluding hydrogens is 330 g/mol. The fourth-order valence-corrected chi connectivity index (χ4v) is 3.21. The maximum atomic E-state index is 6.46. The van der Waals surface area contributed by atoms with Gasteiger partial charge in [0, 0.05) is 0 Å². The number of nitrogens with zero attached hydrogens (tertiary/aromatic N) is 1. The van der Waals surface area contributed by atoms with Gasteiger partial charge in [0.15, 0.2) is 11.5 Å². The van der Waals surface area contributed by atoms with Crippen molar-refractivity contribution >= 4 is 0 Å². The molecule has 0 N–H and O–H groups in total. The summed E-state index contributed by atoms with van der Waals surface area (Å²) in [6, 6.07) is 14.1. The third-order valence-electron chi connectivity index (χ3n) is 4.63. The maximum Gasteiger partial charge on any atom is 0.203 e. The summed E-state index contributed by atoms with van der Waals surface area (Å²) >= 11 is 0. The van der Waals surface area contributed by atoms with Crippen molar-refractivity contribution in [3.05, 3.63) is 53.6 Å². The van der Waals surface area contributed by atoms with Crippen molar-refractivity contribution in [1.29, 1.82) is 0 Å². The van der Waals surface area contributed by atoms with Gasteiger partial charge in [0.1, 0.15) is 5.72 Å². The van der Waals surface area contributed by atoms with Crippen LogP contribution >= 0.6 is 0 Å². The monoisotopic (exact) mass is 359 g/mol. The Balaban J connectivity index is 2.35. The minimum absolute atomic E-state index is 0.414. The van der Waals surface area contributed by atoms with Gasteiger partial charge in [-0.25, -0.2) is 0 Å². The third-order valence-corrected chi connectivity index (χ3v) is 4.63. The molecule has 0 heterocycles. The maximum absolute atomic E-state index is 6.46. The summed E-state index contributed by atoms with van der Waals surface area (Å²) in [6.07, 6.45) is 0.814. The van der Waals surface area contributed by atoms with Crippen LogP contribution in [0.25, 0.3) is 0 Å². The van der Waals surface area contributed by atoms with Gasteiger partial charge in [-0.15, -0.1) is 0 Å². The van der Waals surface area contributed by atoms with Crippen molar-refractivity contribution in [1.82, 2.24) is 4.90 Å². The van der Waals surface area contributed by atoms with Crippen molar-refractivity contribution in [3.8, 4) is 17.2 Å². The Hall–Kier alpha value is -2.24. The van der Waals surface area contributed by atoms with Gasteiger partial charge in [0.05, 0.1) is 27.9 Å². The quantitative estimate of drug-likeness (QED) is 0.632. The van der Waals surface area contributed by atoms with Crippen LogP contribution in [0.5, 0.6) is 17.2 Å². The Morgan fingerprint density at radius 3 is 1.88 bits per heavy atom. The van der Waals surface area contributed by atoms with Crippen LogP contribution < -0.4 is 14.2 Å². The van der Waals surface area contributed by atoms with Crippen molar-refractivity contribution < 1.29 is 18.9 Å². The zero-order chi connectivity index (χ0) is 19.2. The van der Waals surface area contributed by atoms with Gasteiger partial charge < -0.3 is 18.9 Å². The molecule has 0 aliphatic carbocycles.